The highest BCUT2D eigenvalue weighted by atomic mass is 19.4. The second kappa shape index (κ2) is 6.77. The summed E-state index contributed by atoms with van der Waals surface area (Å²) in [5, 5.41) is 7.35. The maximum absolute atomic E-state index is 12.8. The van der Waals surface area contributed by atoms with Crippen molar-refractivity contribution in [1.82, 2.24) is 9.78 Å². The van der Waals surface area contributed by atoms with Gasteiger partial charge < -0.3 is 9.73 Å². The van der Waals surface area contributed by atoms with Crippen molar-refractivity contribution >= 4 is 33.5 Å². The van der Waals surface area contributed by atoms with E-state index in [9.17, 15) is 22.8 Å². The van der Waals surface area contributed by atoms with Gasteiger partial charge in [0.2, 0.25) is 5.91 Å². The van der Waals surface area contributed by atoms with Crippen LogP contribution in [0.1, 0.15) is 11.1 Å². The Kier molecular flexibility index (Phi) is 4.37. The molecule has 4 rings (SSSR count). The van der Waals surface area contributed by atoms with Crippen LogP contribution in [0.25, 0.3) is 21.9 Å². The fourth-order valence-electron chi connectivity index (χ4n) is 3.12. The third kappa shape index (κ3) is 3.58. The van der Waals surface area contributed by atoms with Gasteiger partial charge in [0.25, 0.3) is 0 Å². The van der Waals surface area contributed by atoms with E-state index in [0.29, 0.717) is 16.5 Å². The predicted octanol–water partition coefficient (Wildman–Crippen LogP) is 4.11. The van der Waals surface area contributed by atoms with E-state index in [-0.39, 0.29) is 17.6 Å². The maximum atomic E-state index is 12.8. The van der Waals surface area contributed by atoms with Gasteiger partial charge in [-0.05, 0) is 37.3 Å². The molecule has 0 bridgehead atoms. The standard InChI is InChI=1S/C20H14F3N3O3/c1-11-5-6-16-14(7-11)18-15(19(28)29-16)9-24-26(18)10-17(27)25-13-4-2-3-12(8-13)20(21,22)23/h2-9H,10H2,1H3,(H,25,27). The minimum absolute atomic E-state index is 0.0153. The van der Waals surface area contributed by atoms with Crippen molar-refractivity contribution in [1.29, 1.82) is 0 Å². The molecule has 0 radical (unpaired) electrons. The first-order chi connectivity index (χ1) is 13.7. The zero-order valence-electron chi connectivity index (χ0n) is 15.1. The maximum Gasteiger partial charge on any atom is 0.416 e. The molecule has 9 heteroatoms. The van der Waals surface area contributed by atoms with Gasteiger partial charge in [0.05, 0.1) is 17.3 Å². The molecular formula is C20H14F3N3O3. The molecule has 0 saturated carbocycles. The summed E-state index contributed by atoms with van der Waals surface area (Å²) < 4.78 is 45.1. The molecule has 0 aliphatic heterocycles. The SMILES string of the molecule is Cc1ccc2oc(=O)c3cnn(CC(=O)Nc4cccc(C(F)(F)F)c4)c3c2c1. The third-order valence-corrected chi connectivity index (χ3v) is 4.42. The van der Waals surface area contributed by atoms with Crippen molar-refractivity contribution in [3.63, 3.8) is 0 Å². The molecule has 0 aliphatic rings. The topological polar surface area (TPSA) is 77.1 Å². The highest BCUT2D eigenvalue weighted by molar-refractivity contribution is 6.03. The lowest BCUT2D eigenvalue weighted by Gasteiger charge is -2.10. The molecule has 0 aliphatic carbocycles. The molecule has 0 unspecified atom stereocenters. The van der Waals surface area contributed by atoms with Crippen molar-refractivity contribution in [3.8, 4) is 0 Å². The molecule has 4 aromatic rings. The highest BCUT2D eigenvalue weighted by Gasteiger charge is 2.30. The van der Waals surface area contributed by atoms with Crippen molar-refractivity contribution in [2.75, 3.05) is 5.32 Å². The van der Waals surface area contributed by atoms with Crippen LogP contribution >= 0.6 is 0 Å². The van der Waals surface area contributed by atoms with Crippen LogP contribution in [0.2, 0.25) is 0 Å². The second-order valence-corrected chi connectivity index (χ2v) is 6.58. The molecule has 2 heterocycles. The number of anilines is 1. The van der Waals surface area contributed by atoms with Crippen molar-refractivity contribution in [2.24, 2.45) is 0 Å². The van der Waals surface area contributed by atoms with E-state index in [1.54, 1.807) is 12.1 Å². The largest absolute Gasteiger partial charge is 0.422 e. The molecule has 1 amide bonds. The molecule has 2 aromatic carbocycles. The average Bonchev–Trinajstić information content (AvgIpc) is 3.06. The molecule has 2 aromatic heterocycles. The van der Waals surface area contributed by atoms with Crippen LogP contribution < -0.4 is 10.9 Å². The predicted molar refractivity (Wildman–Crippen MR) is 101 cm³/mol. The van der Waals surface area contributed by atoms with Crippen molar-refractivity contribution in [3.05, 3.63) is 70.2 Å². The third-order valence-electron chi connectivity index (χ3n) is 4.42. The minimum atomic E-state index is -4.51. The van der Waals surface area contributed by atoms with Crippen LogP contribution in [-0.4, -0.2) is 15.7 Å². The number of halogens is 3. The zero-order valence-corrected chi connectivity index (χ0v) is 15.1. The fraction of sp³-hybridized carbons (Fsp3) is 0.150. The van der Waals surface area contributed by atoms with E-state index in [2.05, 4.69) is 10.4 Å². The van der Waals surface area contributed by atoms with E-state index in [1.807, 2.05) is 13.0 Å². The summed E-state index contributed by atoms with van der Waals surface area (Å²) in [5.74, 6) is -0.580. The molecule has 6 nitrogen and oxygen atoms in total. The highest BCUT2D eigenvalue weighted by Crippen LogP contribution is 2.30. The summed E-state index contributed by atoms with van der Waals surface area (Å²) >= 11 is 0. The van der Waals surface area contributed by atoms with Gasteiger partial charge in [-0.1, -0.05) is 17.7 Å². The summed E-state index contributed by atoms with van der Waals surface area (Å²) in [7, 11) is 0. The van der Waals surface area contributed by atoms with Gasteiger partial charge in [-0.2, -0.15) is 18.3 Å². The van der Waals surface area contributed by atoms with Gasteiger partial charge >= 0.3 is 11.8 Å². The first-order valence-electron chi connectivity index (χ1n) is 8.58. The number of hydrogen-bond donors (Lipinski definition) is 1. The molecule has 1 N–H and O–H groups in total. The Bertz CT molecular complexity index is 1310. The van der Waals surface area contributed by atoms with Crippen molar-refractivity contribution in [2.45, 2.75) is 19.6 Å². The lowest BCUT2D eigenvalue weighted by molar-refractivity contribution is -0.137. The number of rotatable bonds is 3. The molecule has 0 atom stereocenters. The van der Waals surface area contributed by atoms with E-state index < -0.39 is 23.3 Å². The summed E-state index contributed by atoms with van der Waals surface area (Å²) in [4.78, 5) is 24.6. The number of aryl methyl sites for hydroxylation is 1. The van der Waals surface area contributed by atoms with Crippen molar-refractivity contribution < 1.29 is 22.4 Å². The molecule has 0 fully saturated rings. The Morgan fingerprint density at radius 1 is 1.17 bits per heavy atom. The molecule has 0 saturated heterocycles. The Balaban J connectivity index is 1.68. The Morgan fingerprint density at radius 3 is 2.72 bits per heavy atom. The Hall–Kier alpha value is -3.62. The average molecular weight is 401 g/mol. The van der Waals surface area contributed by atoms with Gasteiger partial charge in [-0.25, -0.2) is 4.79 Å². The number of hydrogen-bond acceptors (Lipinski definition) is 4. The summed E-state index contributed by atoms with van der Waals surface area (Å²) in [6.45, 7) is 1.59. The molecule has 0 spiro atoms. The van der Waals surface area contributed by atoms with Crippen LogP contribution in [-0.2, 0) is 17.5 Å². The monoisotopic (exact) mass is 401 g/mol. The first-order valence-corrected chi connectivity index (χ1v) is 8.58. The summed E-state index contributed by atoms with van der Waals surface area (Å²) in [6.07, 6.45) is -3.20. The normalized spacial score (nSPS) is 11.9. The van der Waals surface area contributed by atoms with Crippen LogP contribution in [0.4, 0.5) is 18.9 Å². The van der Waals surface area contributed by atoms with E-state index in [1.165, 1.54) is 23.0 Å². The number of alkyl halides is 3. The van der Waals surface area contributed by atoms with Gasteiger partial charge in [0, 0.05) is 11.1 Å². The second-order valence-electron chi connectivity index (χ2n) is 6.58. The number of fused-ring (bicyclic) bond motifs is 3. The molecular weight excluding hydrogens is 387 g/mol. The zero-order chi connectivity index (χ0) is 20.8. The number of aromatic nitrogens is 2. The van der Waals surface area contributed by atoms with Crippen LogP contribution in [0, 0.1) is 6.92 Å². The summed E-state index contributed by atoms with van der Waals surface area (Å²) in [6, 6.07) is 9.61. The Morgan fingerprint density at radius 2 is 1.97 bits per heavy atom. The lowest BCUT2D eigenvalue weighted by atomic mass is 10.1. The summed E-state index contributed by atoms with van der Waals surface area (Å²) in [5.41, 5.74) is 0.280. The van der Waals surface area contributed by atoms with Gasteiger partial charge in [0.15, 0.2) is 0 Å². The Labute approximate surface area is 161 Å². The lowest BCUT2D eigenvalue weighted by Crippen LogP contribution is -2.20. The first kappa shape index (κ1) is 18.7. The quantitative estimate of drug-likeness (QED) is 0.524. The van der Waals surface area contributed by atoms with Gasteiger partial charge in [-0.15, -0.1) is 0 Å². The van der Waals surface area contributed by atoms with E-state index in [0.717, 1.165) is 17.7 Å². The number of carbonyl (C=O) groups is 1. The van der Waals surface area contributed by atoms with E-state index >= 15 is 0 Å². The van der Waals surface area contributed by atoms with Gasteiger partial charge in [0.1, 0.15) is 17.5 Å². The molecule has 29 heavy (non-hydrogen) atoms. The number of nitrogens with zero attached hydrogens (tertiary/aromatic N) is 2. The fourth-order valence-corrected chi connectivity index (χ4v) is 3.12. The number of carbonyl (C=O) groups excluding carboxylic acids is 1. The molecule has 148 valence electrons. The van der Waals surface area contributed by atoms with Crippen LogP contribution in [0.15, 0.2) is 57.9 Å². The smallest absolute Gasteiger partial charge is 0.416 e. The minimum Gasteiger partial charge on any atom is -0.422 e. The van der Waals surface area contributed by atoms with E-state index in [4.69, 9.17) is 4.42 Å². The van der Waals surface area contributed by atoms with Gasteiger partial charge in [-0.3, -0.25) is 9.48 Å². The number of nitrogens with one attached hydrogen (secondary N) is 1. The number of benzene rings is 2. The number of amides is 1. The van der Waals surface area contributed by atoms with Crippen LogP contribution in [0.5, 0.6) is 0 Å². The van der Waals surface area contributed by atoms with Crippen LogP contribution in [0.3, 0.4) is 0 Å².